The molecule has 0 aliphatic carbocycles. The Morgan fingerprint density at radius 3 is 2.21 bits per heavy atom. The Labute approximate surface area is 122 Å². The average Bonchev–Trinajstić information content (AvgIpc) is 2.30. The molecule has 0 aliphatic heterocycles. The van der Waals surface area contributed by atoms with Crippen LogP contribution in [-0.2, 0) is 0 Å². The van der Waals surface area contributed by atoms with E-state index >= 15 is 0 Å². The van der Waals surface area contributed by atoms with E-state index in [4.69, 9.17) is 11.6 Å². The van der Waals surface area contributed by atoms with Gasteiger partial charge in [-0.15, -0.1) is 0 Å². The molecule has 0 fully saturated rings. The van der Waals surface area contributed by atoms with Crippen LogP contribution in [0.1, 0.15) is 21.5 Å². The summed E-state index contributed by atoms with van der Waals surface area (Å²) >= 11 is 9.13. The van der Waals surface area contributed by atoms with E-state index in [1.54, 1.807) is 25.1 Å². The molecule has 0 aromatic heterocycles. The van der Waals surface area contributed by atoms with Crippen molar-refractivity contribution in [3.05, 3.63) is 69.5 Å². The van der Waals surface area contributed by atoms with Crippen LogP contribution < -0.4 is 0 Å². The summed E-state index contributed by atoms with van der Waals surface area (Å²) in [7, 11) is 0. The van der Waals surface area contributed by atoms with Gasteiger partial charge in [-0.25, -0.2) is 13.2 Å². The third-order valence-electron chi connectivity index (χ3n) is 2.81. The number of hydrogen-bond donors (Lipinski definition) is 0. The summed E-state index contributed by atoms with van der Waals surface area (Å²) in [4.78, 5) is -0.730. The fourth-order valence-electron chi connectivity index (χ4n) is 1.84. The Kier molecular flexibility index (Phi) is 4.21. The maximum atomic E-state index is 13.7. The van der Waals surface area contributed by atoms with Crippen LogP contribution in [0.25, 0.3) is 0 Å². The molecule has 5 heteroatoms. The van der Waals surface area contributed by atoms with Gasteiger partial charge in [0.05, 0.1) is 4.83 Å². The van der Waals surface area contributed by atoms with Gasteiger partial charge in [0, 0.05) is 22.7 Å². The van der Waals surface area contributed by atoms with Crippen LogP contribution in [0.5, 0.6) is 0 Å². The predicted octanol–water partition coefficient (Wildman–Crippen LogP) is 5.55. The van der Waals surface area contributed by atoms with Gasteiger partial charge < -0.3 is 0 Å². The van der Waals surface area contributed by atoms with E-state index in [0.29, 0.717) is 22.7 Å². The highest BCUT2D eigenvalue weighted by atomic mass is 79.9. The van der Waals surface area contributed by atoms with Crippen molar-refractivity contribution in [3.8, 4) is 0 Å². The van der Waals surface area contributed by atoms with E-state index in [1.807, 2.05) is 0 Å². The molecular formula is C14H9BrClF3. The molecule has 0 saturated heterocycles. The van der Waals surface area contributed by atoms with Crippen molar-refractivity contribution in [1.82, 2.24) is 0 Å². The first-order valence-corrected chi connectivity index (χ1v) is 6.74. The Hall–Kier alpha value is -1.00. The first-order chi connectivity index (χ1) is 8.90. The number of benzene rings is 2. The largest absolute Gasteiger partial charge is 0.207 e. The van der Waals surface area contributed by atoms with Crippen molar-refractivity contribution in [1.29, 1.82) is 0 Å². The molecule has 1 unspecified atom stereocenters. The van der Waals surface area contributed by atoms with Gasteiger partial charge in [-0.3, -0.25) is 0 Å². The SMILES string of the molecule is Cc1ccc(Cl)cc1C(Br)c1c(F)cc(F)cc1F. The number of rotatable bonds is 2. The molecule has 19 heavy (non-hydrogen) atoms. The third-order valence-corrected chi connectivity index (χ3v) is 4.00. The van der Waals surface area contributed by atoms with Crippen LogP contribution in [0.2, 0.25) is 5.02 Å². The third kappa shape index (κ3) is 2.95. The van der Waals surface area contributed by atoms with Crippen molar-refractivity contribution in [2.75, 3.05) is 0 Å². The number of alkyl halides is 1. The second kappa shape index (κ2) is 5.55. The molecule has 2 aromatic carbocycles. The molecule has 0 bridgehead atoms. The lowest BCUT2D eigenvalue weighted by Crippen LogP contribution is -2.03. The second-order valence-corrected chi connectivity index (χ2v) is 5.50. The predicted molar refractivity (Wildman–Crippen MR) is 73.3 cm³/mol. The normalized spacial score (nSPS) is 12.5. The van der Waals surface area contributed by atoms with Crippen LogP contribution in [-0.4, -0.2) is 0 Å². The number of aryl methyl sites for hydroxylation is 1. The maximum absolute atomic E-state index is 13.7. The van der Waals surface area contributed by atoms with Gasteiger partial charge in [-0.1, -0.05) is 33.6 Å². The lowest BCUT2D eigenvalue weighted by Gasteiger charge is -2.15. The van der Waals surface area contributed by atoms with Gasteiger partial charge in [0.2, 0.25) is 0 Å². The van der Waals surface area contributed by atoms with Crippen molar-refractivity contribution in [3.63, 3.8) is 0 Å². The molecule has 1 atom stereocenters. The van der Waals surface area contributed by atoms with Crippen LogP contribution in [0, 0.1) is 24.4 Å². The van der Waals surface area contributed by atoms with E-state index in [1.165, 1.54) is 0 Å². The van der Waals surface area contributed by atoms with Crippen molar-refractivity contribution >= 4 is 27.5 Å². The topological polar surface area (TPSA) is 0 Å². The highest BCUT2D eigenvalue weighted by molar-refractivity contribution is 9.09. The fourth-order valence-corrected chi connectivity index (χ4v) is 2.95. The molecule has 2 aromatic rings. The first kappa shape index (κ1) is 14.4. The standard InChI is InChI=1S/C14H9BrClF3/c1-7-2-3-8(16)4-10(7)14(15)13-11(18)5-9(17)6-12(13)19/h2-6,14H,1H3. The van der Waals surface area contributed by atoms with Gasteiger partial charge in [0.15, 0.2) is 0 Å². The summed E-state index contributed by atoms with van der Waals surface area (Å²) in [5.41, 5.74) is 1.23. The quantitative estimate of drug-likeness (QED) is 0.624. The molecule has 0 aliphatic rings. The molecule has 0 saturated carbocycles. The molecule has 2 rings (SSSR count). The Morgan fingerprint density at radius 1 is 1.05 bits per heavy atom. The minimum absolute atomic E-state index is 0.230. The zero-order chi connectivity index (χ0) is 14.2. The van der Waals surface area contributed by atoms with Gasteiger partial charge in [-0.2, -0.15) is 0 Å². The highest BCUT2D eigenvalue weighted by Gasteiger charge is 2.22. The Morgan fingerprint density at radius 2 is 1.63 bits per heavy atom. The minimum Gasteiger partial charge on any atom is -0.207 e. The monoisotopic (exact) mass is 348 g/mol. The minimum atomic E-state index is -0.943. The van der Waals surface area contributed by atoms with E-state index in [9.17, 15) is 13.2 Å². The highest BCUT2D eigenvalue weighted by Crippen LogP contribution is 2.37. The zero-order valence-electron chi connectivity index (χ0n) is 9.85. The smallest absolute Gasteiger partial charge is 0.133 e. The molecule has 0 heterocycles. The number of hydrogen-bond acceptors (Lipinski definition) is 0. The lowest BCUT2D eigenvalue weighted by atomic mass is 9.99. The summed E-state index contributed by atoms with van der Waals surface area (Å²) in [5.74, 6) is -2.81. The molecule has 0 nitrogen and oxygen atoms in total. The fraction of sp³-hybridized carbons (Fsp3) is 0.143. The van der Waals surface area contributed by atoms with Crippen molar-refractivity contribution in [2.45, 2.75) is 11.8 Å². The average molecular weight is 350 g/mol. The first-order valence-electron chi connectivity index (χ1n) is 5.44. The van der Waals surface area contributed by atoms with Crippen molar-refractivity contribution < 1.29 is 13.2 Å². The van der Waals surface area contributed by atoms with Gasteiger partial charge in [-0.05, 0) is 30.2 Å². The molecule has 0 spiro atoms. The summed E-state index contributed by atoms with van der Waals surface area (Å²) in [6.07, 6.45) is 0. The van der Waals surface area contributed by atoms with Gasteiger partial charge >= 0.3 is 0 Å². The molecular weight excluding hydrogens is 341 g/mol. The van der Waals surface area contributed by atoms with Crippen LogP contribution >= 0.6 is 27.5 Å². The van der Waals surface area contributed by atoms with E-state index in [2.05, 4.69) is 15.9 Å². The zero-order valence-corrected chi connectivity index (χ0v) is 12.2. The van der Waals surface area contributed by atoms with E-state index in [-0.39, 0.29) is 5.56 Å². The maximum Gasteiger partial charge on any atom is 0.133 e. The molecule has 100 valence electrons. The molecule has 0 N–H and O–H groups in total. The summed E-state index contributed by atoms with van der Waals surface area (Å²) < 4.78 is 40.4. The lowest BCUT2D eigenvalue weighted by molar-refractivity contribution is 0.527. The van der Waals surface area contributed by atoms with Gasteiger partial charge in [0.1, 0.15) is 17.5 Å². The summed E-state index contributed by atoms with van der Waals surface area (Å²) in [6, 6.07) is 6.39. The Bertz CT molecular complexity index is 605. The summed E-state index contributed by atoms with van der Waals surface area (Å²) in [6.45, 7) is 1.80. The van der Waals surface area contributed by atoms with Crippen molar-refractivity contribution in [2.24, 2.45) is 0 Å². The van der Waals surface area contributed by atoms with Crippen LogP contribution in [0.4, 0.5) is 13.2 Å². The van der Waals surface area contributed by atoms with Crippen LogP contribution in [0.3, 0.4) is 0 Å². The molecule has 0 amide bonds. The van der Waals surface area contributed by atoms with Crippen LogP contribution in [0.15, 0.2) is 30.3 Å². The van der Waals surface area contributed by atoms with Gasteiger partial charge in [0.25, 0.3) is 0 Å². The molecule has 0 radical (unpaired) electrons. The summed E-state index contributed by atoms with van der Waals surface area (Å²) in [5, 5.41) is 0.466. The van der Waals surface area contributed by atoms with E-state index in [0.717, 1.165) is 5.56 Å². The Balaban J connectivity index is 2.56. The van der Waals surface area contributed by atoms with E-state index < -0.39 is 22.3 Å². The second-order valence-electron chi connectivity index (χ2n) is 4.15. The number of halogens is 5.